The molecule has 134 valence electrons. The summed E-state index contributed by atoms with van der Waals surface area (Å²) in [5, 5.41) is 5.22. The number of anilines is 1. The number of thiophene rings is 1. The molecule has 1 atom stereocenters. The van der Waals surface area contributed by atoms with Crippen LogP contribution in [0.25, 0.3) is 10.2 Å². The molecule has 7 nitrogen and oxygen atoms in total. The molecule has 1 N–H and O–H groups in total. The zero-order valence-corrected chi connectivity index (χ0v) is 15.2. The van der Waals surface area contributed by atoms with E-state index in [9.17, 15) is 4.79 Å². The van der Waals surface area contributed by atoms with Gasteiger partial charge < -0.3 is 15.0 Å². The number of carbonyl (C=O) groups is 1. The summed E-state index contributed by atoms with van der Waals surface area (Å²) in [7, 11) is 0. The largest absolute Gasteiger partial charge is 0.378 e. The maximum Gasteiger partial charge on any atom is 0.274 e. The quantitative estimate of drug-likeness (QED) is 0.762. The van der Waals surface area contributed by atoms with Crippen LogP contribution < -0.4 is 5.32 Å². The van der Waals surface area contributed by atoms with Gasteiger partial charge in [0.1, 0.15) is 0 Å². The first kappa shape index (κ1) is 16.9. The lowest BCUT2D eigenvalue weighted by Gasteiger charge is -2.26. The van der Waals surface area contributed by atoms with Crippen LogP contribution in [0.15, 0.2) is 36.0 Å². The van der Waals surface area contributed by atoms with Gasteiger partial charge in [-0.2, -0.15) is 0 Å². The van der Waals surface area contributed by atoms with Gasteiger partial charge in [-0.3, -0.25) is 9.78 Å². The molecular weight excluding hydrogens is 350 g/mol. The Labute approximate surface area is 155 Å². The molecule has 8 heteroatoms. The molecule has 0 aromatic carbocycles. The Bertz CT molecular complexity index is 908. The minimum atomic E-state index is -0.0692. The third kappa shape index (κ3) is 3.38. The molecular formula is C18H19N5O2S. The van der Waals surface area contributed by atoms with Crippen LogP contribution in [-0.4, -0.2) is 52.1 Å². The molecule has 0 aliphatic carbocycles. The number of hydrogen-bond donors (Lipinski definition) is 1. The van der Waals surface area contributed by atoms with Crippen LogP contribution in [-0.2, 0) is 4.74 Å². The molecule has 3 aromatic rings. The molecule has 1 amide bonds. The SMILES string of the molecule is C[C@H](Nc1nc(C(=O)N2CCOCC2)c2sccc2n1)c1cccnc1. The number of pyridine rings is 1. The highest BCUT2D eigenvalue weighted by molar-refractivity contribution is 7.17. The first-order valence-electron chi connectivity index (χ1n) is 8.51. The molecule has 4 heterocycles. The number of amides is 1. The van der Waals surface area contributed by atoms with Crippen molar-refractivity contribution in [3.63, 3.8) is 0 Å². The van der Waals surface area contributed by atoms with Crippen LogP contribution in [0.4, 0.5) is 5.95 Å². The second-order valence-electron chi connectivity index (χ2n) is 6.09. The molecule has 1 aliphatic rings. The van der Waals surface area contributed by atoms with Gasteiger partial charge in [-0.1, -0.05) is 6.07 Å². The van der Waals surface area contributed by atoms with E-state index in [2.05, 4.69) is 20.3 Å². The molecule has 3 aromatic heterocycles. The fourth-order valence-corrected chi connectivity index (χ4v) is 3.71. The Morgan fingerprint density at radius 1 is 1.31 bits per heavy atom. The molecule has 0 radical (unpaired) electrons. The van der Waals surface area contributed by atoms with E-state index in [1.807, 2.05) is 30.5 Å². The number of hydrogen-bond acceptors (Lipinski definition) is 7. The fraction of sp³-hybridized carbons (Fsp3) is 0.333. The summed E-state index contributed by atoms with van der Waals surface area (Å²) in [6.45, 7) is 4.32. The number of morpholine rings is 1. The Morgan fingerprint density at radius 3 is 2.92 bits per heavy atom. The second kappa shape index (κ2) is 7.35. The number of nitrogens with one attached hydrogen (secondary N) is 1. The van der Waals surface area contributed by atoms with Crippen molar-refractivity contribution in [2.75, 3.05) is 31.6 Å². The standard InChI is InChI=1S/C18H19N5O2S/c1-12(13-3-2-5-19-11-13)20-18-21-14-4-10-26-16(14)15(22-18)17(24)23-6-8-25-9-7-23/h2-5,10-12H,6-9H2,1H3,(H,20,21,22)/t12-/m0/s1. The number of rotatable bonds is 4. The van der Waals surface area contributed by atoms with Crippen molar-refractivity contribution in [3.05, 3.63) is 47.2 Å². The van der Waals surface area contributed by atoms with Gasteiger partial charge in [-0.15, -0.1) is 11.3 Å². The second-order valence-corrected chi connectivity index (χ2v) is 7.00. The number of aromatic nitrogens is 3. The topological polar surface area (TPSA) is 80.2 Å². The van der Waals surface area contributed by atoms with Crippen LogP contribution in [0.1, 0.15) is 29.0 Å². The number of nitrogens with zero attached hydrogens (tertiary/aromatic N) is 4. The lowest BCUT2D eigenvalue weighted by atomic mass is 10.1. The van der Waals surface area contributed by atoms with Crippen molar-refractivity contribution in [3.8, 4) is 0 Å². The summed E-state index contributed by atoms with van der Waals surface area (Å²) in [5.74, 6) is 0.379. The van der Waals surface area contributed by atoms with Gasteiger partial charge in [0.15, 0.2) is 5.69 Å². The molecule has 0 unspecified atom stereocenters. The van der Waals surface area contributed by atoms with Crippen LogP contribution in [0.2, 0.25) is 0 Å². The van der Waals surface area contributed by atoms with E-state index in [0.717, 1.165) is 15.8 Å². The fourth-order valence-electron chi connectivity index (χ4n) is 2.90. The summed E-state index contributed by atoms with van der Waals surface area (Å²) in [6.07, 6.45) is 3.55. The van der Waals surface area contributed by atoms with Crippen molar-refractivity contribution >= 4 is 33.4 Å². The third-order valence-corrected chi connectivity index (χ3v) is 5.24. The average Bonchev–Trinajstić information content (AvgIpc) is 3.16. The van der Waals surface area contributed by atoms with Crippen LogP contribution in [0.3, 0.4) is 0 Å². The minimum Gasteiger partial charge on any atom is -0.378 e. The van der Waals surface area contributed by atoms with E-state index < -0.39 is 0 Å². The van der Waals surface area contributed by atoms with Crippen molar-refractivity contribution in [2.24, 2.45) is 0 Å². The van der Waals surface area contributed by atoms with Gasteiger partial charge in [0.05, 0.1) is 29.5 Å². The normalized spacial score (nSPS) is 15.8. The van der Waals surface area contributed by atoms with Crippen LogP contribution in [0.5, 0.6) is 0 Å². The minimum absolute atomic E-state index is 0.0221. The van der Waals surface area contributed by atoms with Gasteiger partial charge in [0.25, 0.3) is 5.91 Å². The molecule has 1 fully saturated rings. The van der Waals surface area contributed by atoms with E-state index in [1.54, 1.807) is 17.3 Å². The molecule has 1 saturated heterocycles. The first-order valence-corrected chi connectivity index (χ1v) is 9.39. The molecule has 0 saturated carbocycles. The molecule has 0 bridgehead atoms. The van der Waals surface area contributed by atoms with Crippen molar-refractivity contribution in [1.82, 2.24) is 19.9 Å². The van der Waals surface area contributed by atoms with E-state index in [0.29, 0.717) is 37.9 Å². The maximum absolute atomic E-state index is 13.0. The first-order chi connectivity index (χ1) is 12.7. The van der Waals surface area contributed by atoms with Gasteiger partial charge in [0.2, 0.25) is 5.95 Å². The van der Waals surface area contributed by atoms with Gasteiger partial charge in [-0.25, -0.2) is 9.97 Å². The summed E-state index contributed by atoms with van der Waals surface area (Å²) in [4.78, 5) is 28.0. The molecule has 1 aliphatic heterocycles. The zero-order chi connectivity index (χ0) is 17.9. The van der Waals surface area contributed by atoms with Gasteiger partial charge >= 0.3 is 0 Å². The van der Waals surface area contributed by atoms with Crippen molar-refractivity contribution < 1.29 is 9.53 Å². The predicted molar refractivity (Wildman–Crippen MR) is 100 cm³/mol. The third-order valence-electron chi connectivity index (χ3n) is 4.33. The number of ether oxygens (including phenoxy) is 1. The van der Waals surface area contributed by atoms with E-state index >= 15 is 0 Å². The zero-order valence-electron chi connectivity index (χ0n) is 14.4. The van der Waals surface area contributed by atoms with Crippen molar-refractivity contribution in [2.45, 2.75) is 13.0 Å². The van der Waals surface area contributed by atoms with E-state index in [4.69, 9.17) is 4.74 Å². The van der Waals surface area contributed by atoms with Gasteiger partial charge in [-0.05, 0) is 30.0 Å². The number of fused-ring (bicyclic) bond motifs is 1. The Hall–Kier alpha value is -2.58. The average molecular weight is 369 g/mol. The summed E-state index contributed by atoms with van der Waals surface area (Å²) in [6, 6.07) is 5.78. The van der Waals surface area contributed by atoms with Gasteiger partial charge in [0, 0.05) is 25.5 Å². The van der Waals surface area contributed by atoms with E-state index in [1.165, 1.54) is 11.3 Å². The number of carbonyl (C=O) groups excluding carboxylic acids is 1. The Kier molecular flexibility index (Phi) is 4.77. The maximum atomic E-state index is 13.0. The molecule has 26 heavy (non-hydrogen) atoms. The van der Waals surface area contributed by atoms with Crippen molar-refractivity contribution in [1.29, 1.82) is 0 Å². The highest BCUT2D eigenvalue weighted by Crippen LogP contribution is 2.26. The lowest BCUT2D eigenvalue weighted by Crippen LogP contribution is -2.41. The van der Waals surface area contributed by atoms with Crippen LogP contribution in [0, 0.1) is 0 Å². The summed E-state index contributed by atoms with van der Waals surface area (Å²) in [5.41, 5.74) is 2.26. The molecule has 4 rings (SSSR count). The molecule has 0 spiro atoms. The lowest BCUT2D eigenvalue weighted by molar-refractivity contribution is 0.0300. The van der Waals surface area contributed by atoms with E-state index in [-0.39, 0.29) is 11.9 Å². The monoisotopic (exact) mass is 369 g/mol. The van der Waals surface area contributed by atoms with Crippen LogP contribution >= 0.6 is 11.3 Å². The predicted octanol–water partition coefficient (Wildman–Crippen LogP) is 2.73. The Morgan fingerprint density at radius 2 is 2.15 bits per heavy atom. The summed E-state index contributed by atoms with van der Waals surface area (Å²) < 4.78 is 6.16. The summed E-state index contributed by atoms with van der Waals surface area (Å²) >= 11 is 1.49. The highest BCUT2D eigenvalue weighted by atomic mass is 32.1. The smallest absolute Gasteiger partial charge is 0.274 e. The Balaban J connectivity index is 1.65. The highest BCUT2D eigenvalue weighted by Gasteiger charge is 2.24.